The molecule has 1 unspecified atom stereocenters. The van der Waals surface area contributed by atoms with Crippen molar-refractivity contribution in [2.75, 3.05) is 20.8 Å². The molecule has 0 saturated heterocycles. The average Bonchev–Trinajstić information content (AvgIpc) is 2.65. The summed E-state index contributed by atoms with van der Waals surface area (Å²) in [5.41, 5.74) is 3.35. The number of fused-ring (bicyclic) bond motifs is 1. The number of alkyl halides is 3. The van der Waals surface area contributed by atoms with Gasteiger partial charge in [0.25, 0.3) is 0 Å². The van der Waals surface area contributed by atoms with E-state index in [-0.39, 0.29) is 6.04 Å². The van der Waals surface area contributed by atoms with E-state index in [2.05, 4.69) is 5.32 Å². The van der Waals surface area contributed by atoms with Crippen LogP contribution in [0.5, 0.6) is 11.5 Å². The summed E-state index contributed by atoms with van der Waals surface area (Å²) < 4.78 is 49.8. The summed E-state index contributed by atoms with van der Waals surface area (Å²) in [6.45, 7) is 2.68. The van der Waals surface area contributed by atoms with Crippen molar-refractivity contribution in [1.82, 2.24) is 5.32 Å². The third-order valence-corrected chi connectivity index (χ3v) is 5.18. The normalized spacial score (nSPS) is 16.7. The molecule has 1 atom stereocenters. The van der Waals surface area contributed by atoms with E-state index < -0.39 is 11.7 Å². The number of rotatable bonds is 5. The van der Waals surface area contributed by atoms with Crippen molar-refractivity contribution < 1.29 is 22.6 Å². The lowest BCUT2D eigenvalue weighted by Crippen LogP contribution is -2.30. The SMILES string of the molecule is COc1cc2c(cc1OC)C(CCc1cc(C(F)(F)F)ccc1C)NCC2. The number of ether oxygens (including phenoxy) is 2. The molecule has 0 aliphatic carbocycles. The van der Waals surface area contributed by atoms with Gasteiger partial charge in [0.15, 0.2) is 11.5 Å². The Morgan fingerprint density at radius 1 is 1.07 bits per heavy atom. The maximum Gasteiger partial charge on any atom is 0.416 e. The summed E-state index contributed by atoms with van der Waals surface area (Å²) in [6, 6.07) is 8.01. The molecular formula is C21H24F3NO2. The fraction of sp³-hybridized carbons (Fsp3) is 0.429. The molecule has 3 nitrogen and oxygen atoms in total. The lowest BCUT2D eigenvalue weighted by atomic mass is 9.89. The monoisotopic (exact) mass is 379 g/mol. The second-order valence-electron chi connectivity index (χ2n) is 6.84. The number of hydrogen-bond donors (Lipinski definition) is 1. The highest BCUT2D eigenvalue weighted by molar-refractivity contribution is 5.49. The molecule has 3 rings (SSSR count). The van der Waals surface area contributed by atoms with Crippen LogP contribution in [0.15, 0.2) is 30.3 Å². The van der Waals surface area contributed by atoms with Crippen LogP contribution in [-0.2, 0) is 19.0 Å². The fourth-order valence-corrected chi connectivity index (χ4v) is 3.64. The van der Waals surface area contributed by atoms with Crippen molar-refractivity contribution in [3.63, 3.8) is 0 Å². The lowest BCUT2D eigenvalue weighted by molar-refractivity contribution is -0.137. The minimum absolute atomic E-state index is 0.0718. The van der Waals surface area contributed by atoms with Crippen LogP contribution in [0.25, 0.3) is 0 Å². The fourth-order valence-electron chi connectivity index (χ4n) is 3.64. The minimum atomic E-state index is -4.32. The van der Waals surface area contributed by atoms with Crippen LogP contribution in [0.2, 0.25) is 0 Å². The van der Waals surface area contributed by atoms with Crippen LogP contribution in [0.4, 0.5) is 13.2 Å². The van der Waals surface area contributed by atoms with Crippen LogP contribution >= 0.6 is 0 Å². The molecule has 1 aliphatic rings. The van der Waals surface area contributed by atoms with E-state index in [1.54, 1.807) is 20.3 Å². The zero-order valence-electron chi connectivity index (χ0n) is 15.7. The molecule has 0 saturated carbocycles. The molecule has 0 fully saturated rings. The highest BCUT2D eigenvalue weighted by atomic mass is 19.4. The zero-order chi connectivity index (χ0) is 19.6. The summed E-state index contributed by atoms with van der Waals surface area (Å²) in [7, 11) is 3.21. The highest BCUT2D eigenvalue weighted by Crippen LogP contribution is 2.37. The Morgan fingerprint density at radius 3 is 2.44 bits per heavy atom. The maximum absolute atomic E-state index is 13.0. The highest BCUT2D eigenvalue weighted by Gasteiger charge is 2.31. The van der Waals surface area contributed by atoms with Gasteiger partial charge in [0.05, 0.1) is 19.8 Å². The summed E-state index contributed by atoms with van der Waals surface area (Å²) in [6.07, 6.45) is -2.15. The van der Waals surface area contributed by atoms with E-state index in [0.29, 0.717) is 24.3 Å². The maximum atomic E-state index is 13.0. The molecule has 6 heteroatoms. The second-order valence-corrected chi connectivity index (χ2v) is 6.84. The Bertz CT molecular complexity index is 818. The summed E-state index contributed by atoms with van der Waals surface area (Å²) in [5, 5.41) is 3.48. The summed E-state index contributed by atoms with van der Waals surface area (Å²) in [5.74, 6) is 1.37. The van der Waals surface area contributed by atoms with E-state index in [1.165, 1.54) is 11.6 Å². The Kier molecular flexibility index (Phi) is 5.65. The van der Waals surface area contributed by atoms with E-state index in [9.17, 15) is 13.2 Å². The minimum Gasteiger partial charge on any atom is -0.493 e. The second kappa shape index (κ2) is 7.80. The van der Waals surface area contributed by atoms with Crippen LogP contribution in [0.1, 0.15) is 40.3 Å². The molecule has 146 valence electrons. The topological polar surface area (TPSA) is 30.5 Å². The van der Waals surface area contributed by atoms with Gasteiger partial charge in [0.1, 0.15) is 0 Å². The Labute approximate surface area is 157 Å². The van der Waals surface area contributed by atoms with Crippen molar-refractivity contribution in [3.05, 3.63) is 58.1 Å². The van der Waals surface area contributed by atoms with Gasteiger partial charge in [-0.1, -0.05) is 6.07 Å². The molecule has 27 heavy (non-hydrogen) atoms. The molecule has 0 spiro atoms. The number of methoxy groups -OCH3 is 2. The van der Waals surface area contributed by atoms with Gasteiger partial charge in [-0.2, -0.15) is 13.2 Å². The first-order chi connectivity index (χ1) is 12.8. The number of benzene rings is 2. The van der Waals surface area contributed by atoms with Gasteiger partial charge < -0.3 is 14.8 Å². The molecule has 0 bridgehead atoms. The van der Waals surface area contributed by atoms with E-state index in [0.717, 1.165) is 35.7 Å². The van der Waals surface area contributed by atoms with Crippen molar-refractivity contribution in [1.29, 1.82) is 0 Å². The predicted octanol–water partition coefficient (Wildman–Crippen LogP) is 4.85. The van der Waals surface area contributed by atoms with Crippen molar-refractivity contribution in [2.24, 2.45) is 0 Å². The van der Waals surface area contributed by atoms with Crippen LogP contribution in [0, 0.1) is 6.92 Å². The molecule has 2 aromatic rings. The first-order valence-electron chi connectivity index (χ1n) is 8.98. The molecule has 1 N–H and O–H groups in total. The van der Waals surface area contributed by atoms with Gasteiger partial charge in [-0.15, -0.1) is 0 Å². The largest absolute Gasteiger partial charge is 0.493 e. The van der Waals surface area contributed by atoms with E-state index in [4.69, 9.17) is 9.47 Å². The van der Waals surface area contributed by atoms with Gasteiger partial charge in [-0.05, 0) is 79.3 Å². The van der Waals surface area contributed by atoms with Crippen LogP contribution in [0.3, 0.4) is 0 Å². The van der Waals surface area contributed by atoms with Crippen LogP contribution < -0.4 is 14.8 Å². The van der Waals surface area contributed by atoms with Crippen molar-refractivity contribution in [3.8, 4) is 11.5 Å². The van der Waals surface area contributed by atoms with E-state index >= 15 is 0 Å². The van der Waals surface area contributed by atoms with Gasteiger partial charge in [-0.25, -0.2) is 0 Å². The molecule has 0 aromatic heterocycles. The summed E-state index contributed by atoms with van der Waals surface area (Å²) >= 11 is 0. The molecular weight excluding hydrogens is 355 g/mol. The molecule has 0 amide bonds. The number of nitrogens with one attached hydrogen (secondary N) is 1. The van der Waals surface area contributed by atoms with Gasteiger partial charge in [-0.3, -0.25) is 0 Å². The van der Waals surface area contributed by atoms with Crippen molar-refractivity contribution >= 4 is 0 Å². The number of halogens is 3. The van der Waals surface area contributed by atoms with Crippen molar-refractivity contribution in [2.45, 2.75) is 38.4 Å². The third kappa shape index (κ3) is 4.21. The Balaban J connectivity index is 1.83. The van der Waals surface area contributed by atoms with E-state index in [1.807, 2.05) is 19.1 Å². The quantitative estimate of drug-likeness (QED) is 0.806. The molecule has 2 aromatic carbocycles. The third-order valence-electron chi connectivity index (χ3n) is 5.18. The lowest BCUT2D eigenvalue weighted by Gasteiger charge is -2.28. The smallest absolute Gasteiger partial charge is 0.416 e. The molecule has 0 radical (unpaired) electrons. The Morgan fingerprint density at radius 2 is 1.78 bits per heavy atom. The molecule has 1 aliphatic heterocycles. The first-order valence-corrected chi connectivity index (χ1v) is 8.98. The van der Waals surface area contributed by atoms with Crippen LogP contribution in [-0.4, -0.2) is 20.8 Å². The first kappa shape index (κ1) is 19.5. The summed E-state index contributed by atoms with van der Waals surface area (Å²) in [4.78, 5) is 0. The van der Waals surface area contributed by atoms with Gasteiger partial charge in [0.2, 0.25) is 0 Å². The predicted molar refractivity (Wildman–Crippen MR) is 98.5 cm³/mol. The number of hydrogen-bond acceptors (Lipinski definition) is 3. The standard InChI is InChI=1S/C21H24F3NO2/c1-13-4-6-16(21(22,23)24)10-14(13)5-7-18-17-12-20(27-3)19(26-2)11-15(17)8-9-25-18/h4,6,10-12,18,25H,5,7-9H2,1-3H3. The van der Waals surface area contributed by atoms with Gasteiger partial charge in [0, 0.05) is 6.04 Å². The van der Waals surface area contributed by atoms with Gasteiger partial charge >= 0.3 is 6.18 Å². The molecule has 1 heterocycles. The number of aryl methyl sites for hydroxylation is 2. The average molecular weight is 379 g/mol. The Hall–Kier alpha value is -2.21. The zero-order valence-corrected chi connectivity index (χ0v) is 15.7.